The van der Waals surface area contributed by atoms with E-state index in [0.29, 0.717) is 12.4 Å². The molecule has 0 atom stereocenters. The van der Waals surface area contributed by atoms with E-state index in [2.05, 4.69) is 10.3 Å². The lowest BCUT2D eigenvalue weighted by Crippen LogP contribution is -2.09. The predicted molar refractivity (Wildman–Crippen MR) is 78.3 cm³/mol. The van der Waals surface area contributed by atoms with Crippen LogP contribution in [-0.2, 0) is 6.54 Å². The second-order valence-electron chi connectivity index (χ2n) is 4.37. The molecule has 0 aliphatic carbocycles. The molecule has 0 saturated heterocycles. The number of ether oxygens (including phenoxy) is 1. The van der Waals surface area contributed by atoms with Crippen molar-refractivity contribution in [3.05, 3.63) is 45.5 Å². The summed E-state index contributed by atoms with van der Waals surface area (Å²) >= 11 is 1.16. The Morgan fingerprint density at radius 2 is 2.25 bits per heavy atom. The van der Waals surface area contributed by atoms with Crippen molar-refractivity contribution in [2.75, 3.05) is 5.32 Å². The summed E-state index contributed by atoms with van der Waals surface area (Å²) in [6, 6.07) is 6.94. The van der Waals surface area contributed by atoms with Crippen LogP contribution in [-0.4, -0.2) is 16.0 Å². The smallest absolute Gasteiger partial charge is 0.324 e. The molecule has 2 rings (SSSR count). The van der Waals surface area contributed by atoms with Gasteiger partial charge < -0.3 is 10.1 Å². The molecule has 7 heteroatoms. The first kappa shape index (κ1) is 14.3. The van der Waals surface area contributed by atoms with Crippen LogP contribution in [0.15, 0.2) is 30.5 Å². The molecular formula is C13H15N3O3S. The highest BCUT2D eigenvalue weighted by Gasteiger charge is 2.11. The zero-order valence-electron chi connectivity index (χ0n) is 11.2. The molecule has 2 aromatic rings. The van der Waals surface area contributed by atoms with Crippen molar-refractivity contribution >= 4 is 22.0 Å². The average molecular weight is 293 g/mol. The summed E-state index contributed by atoms with van der Waals surface area (Å²) in [4.78, 5) is 15.3. The summed E-state index contributed by atoms with van der Waals surface area (Å²) in [5.41, 5.74) is 0.775. The molecule has 0 aliphatic rings. The molecule has 0 spiro atoms. The van der Waals surface area contributed by atoms with Gasteiger partial charge in [-0.25, -0.2) is 4.98 Å². The molecule has 20 heavy (non-hydrogen) atoms. The maximum absolute atomic E-state index is 10.6. The van der Waals surface area contributed by atoms with Crippen LogP contribution >= 0.6 is 11.3 Å². The van der Waals surface area contributed by atoms with Crippen molar-refractivity contribution in [3.63, 3.8) is 0 Å². The summed E-state index contributed by atoms with van der Waals surface area (Å²) in [7, 11) is 0. The number of nitro groups is 1. The molecule has 0 bridgehead atoms. The van der Waals surface area contributed by atoms with Gasteiger partial charge in [-0.1, -0.05) is 11.3 Å². The number of nitrogens with zero attached hydrogens (tertiary/aromatic N) is 2. The van der Waals surface area contributed by atoms with Gasteiger partial charge in [-0.15, -0.1) is 0 Å². The quantitative estimate of drug-likeness (QED) is 0.652. The minimum absolute atomic E-state index is 0.0354. The van der Waals surface area contributed by atoms with Crippen LogP contribution in [0, 0.1) is 10.1 Å². The van der Waals surface area contributed by atoms with E-state index in [9.17, 15) is 10.1 Å². The zero-order chi connectivity index (χ0) is 14.5. The number of aromatic nitrogens is 1. The van der Waals surface area contributed by atoms with Gasteiger partial charge in [-0.2, -0.15) is 0 Å². The molecule has 0 aromatic carbocycles. The van der Waals surface area contributed by atoms with Crippen molar-refractivity contribution in [2.24, 2.45) is 0 Å². The molecule has 0 saturated carbocycles. The van der Waals surface area contributed by atoms with Crippen molar-refractivity contribution < 1.29 is 9.66 Å². The van der Waals surface area contributed by atoms with Gasteiger partial charge >= 0.3 is 5.00 Å². The lowest BCUT2D eigenvalue weighted by atomic mass is 10.3. The Morgan fingerprint density at radius 3 is 2.90 bits per heavy atom. The molecule has 6 nitrogen and oxygen atoms in total. The van der Waals surface area contributed by atoms with Gasteiger partial charge in [0.1, 0.15) is 0 Å². The van der Waals surface area contributed by atoms with Crippen molar-refractivity contribution in [2.45, 2.75) is 26.5 Å². The summed E-state index contributed by atoms with van der Waals surface area (Å²) in [5.74, 6) is 0.536. The first-order valence-electron chi connectivity index (χ1n) is 6.15. The van der Waals surface area contributed by atoms with E-state index in [-0.39, 0.29) is 16.0 Å². The number of hydrogen-bond acceptors (Lipinski definition) is 6. The molecule has 0 amide bonds. The number of hydrogen-bond donors (Lipinski definition) is 1. The summed E-state index contributed by atoms with van der Waals surface area (Å²) < 4.78 is 5.60. The van der Waals surface area contributed by atoms with Crippen LogP contribution in [0.25, 0.3) is 0 Å². The second-order valence-corrected chi connectivity index (χ2v) is 5.52. The first-order valence-corrected chi connectivity index (χ1v) is 6.96. The van der Waals surface area contributed by atoms with E-state index in [0.717, 1.165) is 21.9 Å². The third-order valence-electron chi connectivity index (χ3n) is 2.40. The second kappa shape index (κ2) is 6.33. The van der Waals surface area contributed by atoms with E-state index in [4.69, 9.17) is 4.74 Å². The van der Waals surface area contributed by atoms with Crippen molar-refractivity contribution in [1.82, 2.24) is 4.98 Å². The number of anilines is 1. The van der Waals surface area contributed by atoms with Gasteiger partial charge in [0.2, 0.25) is 5.88 Å². The average Bonchev–Trinajstić information content (AvgIpc) is 2.86. The van der Waals surface area contributed by atoms with Crippen molar-refractivity contribution in [1.29, 1.82) is 0 Å². The fourth-order valence-electron chi connectivity index (χ4n) is 1.58. The predicted octanol–water partition coefficient (Wildman–Crippen LogP) is 3.45. The molecule has 0 fully saturated rings. The number of pyridine rings is 1. The van der Waals surface area contributed by atoms with Gasteiger partial charge in [-0.05, 0) is 32.0 Å². The third kappa shape index (κ3) is 3.67. The van der Waals surface area contributed by atoms with Crippen LogP contribution in [0.3, 0.4) is 0 Å². The van der Waals surface area contributed by atoms with Crippen LogP contribution < -0.4 is 10.1 Å². The summed E-state index contributed by atoms with van der Waals surface area (Å²) in [6.07, 6.45) is 1.70. The Balaban J connectivity index is 2.04. The lowest BCUT2D eigenvalue weighted by Gasteiger charge is -2.13. The van der Waals surface area contributed by atoms with Crippen LogP contribution in [0.2, 0.25) is 0 Å². The first-order chi connectivity index (χ1) is 9.56. The minimum atomic E-state index is -0.383. The van der Waals surface area contributed by atoms with E-state index in [1.807, 2.05) is 26.0 Å². The largest absolute Gasteiger partial charge is 0.473 e. The molecular weight excluding hydrogens is 278 g/mol. The van der Waals surface area contributed by atoms with Gasteiger partial charge in [0.15, 0.2) is 0 Å². The summed E-state index contributed by atoms with van der Waals surface area (Å²) in [5, 5.41) is 14.0. The fraction of sp³-hybridized carbons (Fsp3) is 0.308. The zero-order valence-corrected chi connectivity index (χ0v) is 12.0. The Bertz CT molecular complexity index is 598. The van der Waals surface area contributed by atoms with Gasteiger partial charge in [-0.3, -0.25) is 10.1 Å². The maximum atomic E-state index is 10.6. The van der Waals surface area contributed by atoms with Gasteiger partial charge in [0.05, 0.1) is 16.7 Å². The van der Waals surface area contributed by atoms with Crippen molar-refractivity contribution in [3.8, 4) is 5.88 Å². The fourth-order valence-corrected chi connectivity index (χ4v) is 2.34. The Kier molecular flexibility index (Phi) is 4.52. The number of rotatable bonds is 6. The van der Waals surface area contributed by atoms with Gasteiger partial charge in [0, 0.05) is 23.7 Å². The van der Waals surface area contributed by atoms with Crippen LogP contribution in [0.1, 0.15) is 18.7 Å². The van der Waals surface area contributed by atoms with Crippen LogP contribution in [0.4, 0.5) is 10.7 Å². The molecule has 106 valence electrons. The van der Waals surface area contributed by atoms with Crippen LogP contribution in [0.5, 0.6) is 5.88 Å². The lowest BCUT2D eigenvalue weighted by molar-refractivity contribution is -0.380. The number of nitrogens with one attached hydrogen (secondary N) is 1. The maximum Gasteiger partial charge on any atom is 0.324 e. The molecule has 2 aromatic heterocycles. The third-order valence-corrected chi connectivity index (χ3v) is 3.44. The van der Waals surface area contributed by atoms with Gasteiger partial charge in [0.25, 0.3) is 0 Å². The molecule has 0 aliphatic heterocycles. The van der Waals surface area contributed by atoms with E-state index < -0.39 is 0 Å². The molecule has 2 heterocycles. The van der Waals surface area contributed by atoms with E-state index in [1.54, 1.807) is 12.3 Å². The highest BCUT2D eigenvalue weighted by Crippen LogP contribution is 2.26. The Labute approximate surface area is 120 Å². The normalized spacial score (nSPS) is 10.6. The standard InChI is InChI=1S/C13H15N3O3S/c1-9(2)19-13-11(4-3-7-14-13)15-8-10-5-6-12(20-10)16(17)18/h3-7,9,15H,8H2,1-2H3. The SMILES string of the molecule is CC(C)Oc1ncccc1NCc1ccc([N+](=O)[O-])s1. The summed E-state index contributed by atoms with van der Waals surface area (Å²) in [6.45, 7) is 4.36. The number of thiophene rings is 1. The Hall–Kier alpha value is -2.15. The monoisotopic (exact) mass is 293 g/mol. The minimum Gasteiger partial charge on any atom is -0.473 e. The highest BCUT2D eigenvalue weighted by atomic mass is 32.1. The highest BCUT2D eigenvalue weighted by molar-refractivity contribution is 7.15. The Morgan fingerprint density at radius 1 is 1.45 bits per heavy atom. The van der Waals surface area contributed by atoms with E-state index >= 15 is 0 Å². The topological polar surface area (TPSA) is 77.3 Å². The molecule has 0 unspecified atom stereocenters. The van der Waals surface area contributed by atoms with E-state index in [1.165, 1.54) is 6.07 Å². The molecule has 0 radical (unpaired) electrons. The molecule has 1 N–H and O–H groups in total.